The predicted molar refractivity (Wildman–Crippen MR) is 143 cm³/mol. The fourth-order valence-electron chi connectivity index (χ4n) is 3.96. The highest BCUT2D eigenvalue weighted by Crippen LogP contribution is 2.49. The van der Waals surface area contributed by atoms with E-state index in [9.17, 15) is 8.42 Å². The van der Waals surface area contributed by atoms with Crippen LogP contribution in [0.5, 0.6) is 0 Å². The van der Waals surface area contributed by atoms with Gasteiger partial charge < -0.3 is 15.4 Å². The topological polar surface area (TPSA) is 85.0 Å². The smallest absolute Gasteiger partial charge is 0.195 e. The second-order valence-corrected chi connectivity index (χ2v) is 10.5. The third-order valence-electron chi connectivity index (χ3n) is 5.66. The van der Waals surface area contributed by atoms with Crippen molar-refractivity contribution in [2.45, 2.75) is 53.4 Å². The third kappa shape index (κ3) is 12.5. The van der Waals surface area contributed by atoms with Crippen molar-refractivity contribution in [3.05, 3.63) is 47.5 Å². The number of halogens is 1. The molecule has 1 aliphatic carbocycles. The third-order valence-corrected chi connectivity index (χ3v) is 6.99. The molecule has 2 unspecified atom stereocenters. The van der Waals surface area contributed by atoms with Gasteiger partial charge in [0.25, 0.3) is 0 Å². The Labute approximate surface area is 207 Å². The molecule has 2 N–H and O–H groups in total. The predicted octanol–water partition coefficient (Wildman–Crippen LogP) is 5.49. The van der Waals surface area contributed by atoms with Gasteiger partial charge in [0.2, 0.25) is 0 Å². The van der Waals surface area contributed by atoms with Crippen molar-refractivity contribution in [3.63, 3.8) is 0 Å². The first kappa shape index (κ1) is 31.4. The zero-order chi connectivity index (χ0) is 25.4. The lowest BCUT2D eigenvalue weighted by atomic mass is 9.90. The number of ether oxygens (including phenoxy) is 1. The Balaban J connectivity index is 0.00000242. The first-order valence-electron chi connectivity index (χ1n) is 11.7. The first-order valence-corrected chi connectivity index (χ1v) is 14.0. The SMILES string of the molecule is C/C=C(\C=C/COCCC1CC1C1CCN(C(N)=N/C=C(\C)Cl)CC1)S(C)(=O)=O.C=C.CC. The van der Waals surface area contributed by atoms with Crippen molar-refractivity contribution in [3.8, 4) is 0 Å². The fraction of sp³-hybridized carbons (Fsp3) is 0.640. The number of nitrogens with two attached hydrogens (primary N) is 1. The number of nitrogens with zero attached hydrogens (tertiary/aromatic N) is 2. The summed E-state index contributed by atoms with van der Waals surface area (Å²) in [6.45, 7) is 16.6. The molecular weight excluding hydrogens is 458 g/mol. The molecule has 8 heteroatoms. The number of sulfone groups is 1. The van der Waals surface area contributed by atoms with Crippen molar-refractivity contribution in [2.75, 3.05) is 32.6 Å². The summed E-state index contributed by atoms with van der Waals surface area (Å²) < 4.78 is 28.7. The van der Waals surface area contributed by atoms with Crippen LogP contribution in [-0.2, 0) is 14.6 Å². The monoisotopic (exact) mass is 501 g/mol. The van der Waals surface area contributed by atoms with Gasteiger partial charge in [-0.2, -0.15) is 0 Å². The van der Waals surface area contributed by atoms with E-state index in [1.54, 1.807) is 38.3 Å². The minimum atomic E-state index is -3.16. The van der Waals surface area contributed by atoms with Crippen molar-refractivity contribution in [2.24, 2.45) is 28.5 Å². The number of aliphatic imine (C=N–C) groups is 1. The number of rotatable bonds is 9. The van der Waals surface area contributed by atoms with E-state index < -0.39 is 9.84 Å². The van der Waals surface area contributed by atoms with Crippen LogP contribution in [0.2, 0.25) is 0 Å². The van der Waals surface area contributed by atoms with Crippen LogP contribution in [0.15, 0.2) is 52.5 Å². The van der Waals surface area contributed by atoms with Crippen LogP contribution in [0, 0.1) is 17.8 Å². The van der Waals surface area contributed by atoms with E-state index >= 15 is 0 Å². The lowest BCUT2D eigenvalue weighted by Gasteiger charge is -2.32. The summed E-state index contributed by atoms with van der Waals surface area (Å²) >= 11 is 5.80. The Kier molecular flexibility index (Phi) is 16.1. The zero-order valence-corrected chi connectivity index (χ0v) is 22.7. The lowest BCUT2D eigenvalue weighted by molar-refractivity contribution is 0.150. The number of hydrogen-bond donors (Lipinski definition) is 1. The number of piperidine rings is 1. The highest BCUT2D eigenvalue weighted by atomic mass is 35.5. The van der Waals surface area contributed by atoms with Gasteiger partial charge in [0.1, 0.15) is 0 Å². The van der Waals surface area contributed by atoms with Crippen LogP contribution < -0.4 is 5.73 Å². The van der Waals surface area contributed by atoms with E-state index in [4.69, 9.17) is 22.1 Å². The summed E-state index contributed by atoms with van der Waals surface area (Å²) in [5.74, 6) is 2.88. The van der Waals surface area contributed by atoms with Crippen LogP contribution in [0.25, 0.3) is 0 Å². The number of hydrogen-bond acceptors (Lipinski definition) is 4. The molecule has 1 heterocycles. The molecule has 2 atom stereocenters. The molecule has 2 rings (SSSR count). The van der Waals surface area contributed by atoms with E-state index in [0.717, 1.165) is 56.7 Å². The molecule has 0 bridgehead atoms. The average molecular weight is 502 g/mol. The molecule has 0 aromatic heterocycles. The molecule has 190 valence electrons. The van der Waals surface area contributed by atoms with Gasteiger partial charge in [0.15, 0.2) is 15.8 Å². The van der Waals surface area contributed by atoms with Gasteiger partial charge in [0, 0.05) is 37.2 Å². The van der Waals surface area contributed by atoms with Gasteiger partial charge in [-0.3, -0.25) is 0 Å². The summed E-state index contributed by atoms with van der Waals surface area (Å²) in [6.07, 6.45) is 12.5. The molecule has 0 spiro atoms. The zero-order valence-electron chi connectivity index (χ0n) is 21.1. The second-order valence-electron chi connectivity index (χ2n) is 7.92. The Morgan fingerprint density at radius 3 is 2.39 bits per heavy atom. The van der Waals surface area contributed by atoms with E-state index in [0.29, 0.717) is 22.5 Å². The molecule has 0 aromatic rings. The van der Waals surface area contributed by atoms with Gasteiger partial charge >= 0.3 is 0 Å². The Hall–Kier alpha value is -1.57. The van der Waals surface area contributed by atoms with E-state index in [1.165, 1.54) is 12.7 Å². The van der Waals surface area contributed by atoms with E-state index in [-0.39, 0.29) is 0 Å². The fourth-order valence-corrected chi connectivity index (χ4v) is 4.78. The van der Waals surface area contributed by atoms with Gasteiger partial charge in [-0.15, -0.1) is 13.2 Å². The van der Waals surface area contributed by atoms with Crippen LogP contribution in [0.4, 0.5) is 0 Å². The highest BCUT2D eigenvalue weighted by molar-refractivity contribution is 7.94. The number of allylic oxidation sites excluding steroid dienone is 3. The Morgan fingerprint density at radius 2 is 1.88 bits per heavy atom. The van der Waals surface area contributed by atoms with Crippen LogP contribution in [-0.4, -0.2) is 51.8 Å². The van der Waals surface area contributed by atoms with Gasteiger partial charge in [-0.25, -0.2) is 13.4 Å². The molecular formula is C25H44ClN3O3S. The Bertz CT molecular complexity index is 779. The molecule has 0 amide bonds. The van der Waals surface area contributed by atoms with Crippen LogP contribution in [0.3, 0.4) is 0 Å². The summed E-state index contributed by atoms with van der Waals surface area (Å²) in [5.41, 5.74) is 6.03. The normalized spacial score (nSPS) is 22.4. The maximum absolute atomic E-state index is 11.5. The standard InChI is InChI=1S/C21H34ClN3O3S.C2H6.C2H4/c1-4-19(29(3,26)27)6-5-12-28-13-9-18-14-20(18)17-7-10-25(11-8-17)21(23)24-15-16(2)22;2*1-2/h4-6,15,17-18,20H,7-14H2,1-3H3,(H2,23,24);1-2H3;1-2H2/b6-5-,16-15+,19-4+;;. The van der Waals surface area contributed by atoms with E-state index in [1.807, 2.05) is 13.8 Å². The summed E-state index contributed by atoms with van der Waals surface area (Å²) in [6, 6.07) is 0. The quantitative estimate of drug-likeness (QED) is 0.148. The molecule has 6 nitrogen and oxygen atoms in total. The van der Waals surface area contributed by atoms with Crippen molar-refractivity contribution < 1.29 is 13.2 Å². The summed E-state index contributed by atoms with van der Waals surface area (Å²) in [5, 5.41) is 0.624. The maximum atomic E-state index is 11.5. The molecule has 1 aliphatic heterocycles. The van der Waals surface area contributed by atoms with Crippen LogP contribution in [0.1, 0.15) is 53.4 Å². The number of guanidine groups is 1. The van der Waals surface area contributed by atoms with Crippen molar-refractivity contribution >= 4 is 27.4 Å². The minimum Gasteiger partial charge on any atom is -0.377 e. The van der Waals surface area contributed by atoms with Crippen molar-refractivity contribution in [1.82, 2.24) is 4.90 Å². The van der Waals surface area contributed by atoms with Crippen LogP contribution >= 0.6 is 11.6 Å². The summed E-state index contributed by atoms with van der Waals surface area (Å²) in [7, 11) is -3.16. The molecule has 1 saturated carbocycles. The largest absolute Gasteiger partial charge is 0.377 e. The van der Waals surface area contributed by atoms with Gasteiger partial charge in [-0.05, 0) is 63.4 Å². The Morgan fingerprint density at radius 1 is 1.27 bits per heavy atom. The second kappa shape index (κ2) is 17.0. The molecule has 33 heavy (non-hydrogen) atoms. The molecule has 0 radical (unpaired) electrons. The minimum absolute atomic E-state index is 0.328. The maximum Gasteiger partial charge on any atom is 0.195 e. The lowest BCUT2D eigenvalue weighted by Crippen LogP contribution is -2.43. The summed E-state index contributed by atoms with van der Waals surface area (Å²) in [4.78, 5) is 6.67. The number of likely N-dealkylation sites (tertiary alicyclic amines) is 1. The first-order chi connectivity index (χ1) is 15.7. The molecule has 2 aliphatic rings. The highest BCUT2D eigenvalue weighted by Gasteiger charge is 2.43. The van der Waals surface area contributed by atoms with Crippen molar-refractivity contribution in [1.29, 1.82) is 0 Å². The molecule has 0 aromatic carbocycles. The average Bonchev–Trinajstić information content (AvgIpc) is 3.58. The van der Waals surface area contributed by atoms with Gasteiger partial charge in [-0.1, -0.05) is 37.6 Å². The molecule has 1 saturated heterocycles. The molecule has 2 fully saturated rings. The van der Waals surface area contributed by atoms with E-state index in [2.05, 4.69) is 23.1 Å². The van der Waals surface area contributed by atoms with Gasteiger partial charge in [0.05, 0.1) is 11.5 Å².